The molecule has 5 heteroatoms. The second-order valence-corrected chi connectivity index (χ2v) is 6.64. The average molecular weight is 352 g/mol. The van der Waals surface area contributed by atoms with Crippen molar-refractivity contribution in [1.29, 1.82) is 0 Å². The van der Waals surface area contributed by atoms with Gasteiger partial charge in [-0.25, -0.2) is 0 Å². The average Bonchev–Trinajstić information content (AvgIpc) is 2.57. The maximum Gasteiger partial charge on any atom is 0.212 e. The van der Waals surface area contributed by atoms with E-state index < -0.39 is 5.79 Å². The number of hydrogen-bond acceptors (Lipinski definition) is 3. The molecule has 3 atom stereocenters. The molecular formula is C18H19Cl2NO2. The van der Waals surface area contributed by atoms with E-state index in [1.54, 1.807) is 24.3 Å². The molecule has 2 N–H and O–H groups in total. The lowest BCUT2D eigenvalue weighted by molar-refractivity contribution is -0.259. The molecule has 3 rings (SSSR count). The predicted octanol–water partition coefficient (Wildman–Crippen LogP) is 4.28. The van der Waals surface area contributed by atoms with Crippen molar-refractivity contribution in [2.45, 2.75) is 31.2 Å². The van der Waals surface area contributed by atoms with Crippen LogP contribution in [0, 0.1) is 0 Å². The number of benzene rings is 2. The van der Waals surface area contributed by atoms with Gasteiger partial charge >= 0.3 is 0 Å². The molecule has 0 spiro atoms. The number of halogens is 2. The smallest absolute Gasteiger partial charge is 0.212 e. The van der Waals surface area contributed by atoms with E-state index in [-0.39, 0.29) is 12.1 Å². The quantitative estimate of drug-likeness (QED) is 0.867. The molecule has 0 bridgehead atoms. The standard InChI is InChI=1S/C18H19Cl2NO2/c1-2-16-11-23-18(22,13-5-9-15(20)10-6-13)17(21-16)12-3-7-14(19)8-4-12/h3-10,16-17,21-22H,2,11H2,1H3/t16-,17-,18-/m0/s1. The number of hydrogen-bond donors (Lipinski definition) is 2. The molecule has 1 saturated heterocycles. The Morgan fingerprint density at radius 3 is 2.22 bits per heavy atom. The van der Waals surface area contributed by atoms with E-state index in [2.05, 4.69) is 12.2 Å². The van der Waals surface area contributed by atoms with Gasteiger partial charge < -0.3 is 15.2 Å². The summed E-state index contributed by atoms with van der Waals surface area (Å²) in [4.78, 5) is 0. The van der Waals surface area contributed by atoms with Gasteiger partial charge in [0.15, 0.2) is 0 Å². The molecule has 1 fully saturated rings. The highest BCUT2D eigenvalue weighted by Gasteiger charge is 2.45. The Balaban J connectivity index is 2.01. The molecule has 1 aliphatic rings. The van der Waals surface area contributed by atoms with Crippen LogP contribution >= 0.6 is 23.2 Å². The minimum absolute atomic E-state index is 0.184. The van der Waals surface area contributed by atoms with Crippen LogP contribution in [-0.4, -0.2) is 17.8 Å². The zero-order valence-corrected chi connectivity index (χ0v) is 14.3. The van der Waals surface area contributed by atoms with E-state index in [9.17, 15) is 5.11 Å². The van der Waals surface area contributed by atoms with E-state index in [4.69, 9.17) is 27.9 Å². The monoisotopic (exact) mass is 351 g/mol. The summed E-state index contributed by atoms with van der Waals surface area (Å²) in [6.07, 6.45) is 0.917. The number of rotatable bonds is 3. The van der Waals surface area contributed by atoms with Gasteiger partial charge in [0.05, 0.1) is 12.6 Å². The highest BCUT2D eigenvalue weighted by molar-refractivity contribution is 6.30. The minimum Gasteiger partial charge on any atom is -0.360 e. The lowest BCUT2D eigenvalue weighted by Gasteiger charge is -2.44. The zero-order valence-electron chi connectivity index (χ0n) is 12.8. The molecule has 0 saturated carbocycles. The Hall–Kier alpha value is -1.10. The van der Waals surface area contributed by atoms with Gasteiger partial charge in [-0.1, -0.05) is 54.4 Å². The Morgan fingerprint density at radius 2 is 1.65 bits per heavy atom. The number of nitrogens with one attached hydrogen (secondary N) is 1. The maximum atomic E-state index is 11.3. The Bertz CT molecular complexity index is 660. The third kappa shape index (κ3) is 3.39. The Labute approximate surface area is 146 Å². The van der Waals surface area contributed by atoms with E-state index in [0.717, 1.165) is 12.0 Å². The summed E-state index contributed by atoms with van der Waals surface area (Å²) in [6, 6.07) is 14.3. The molecule has 0 amide bonds. The van der Waals surface area contributed by atoms with E-state index in [1.807, 2.05) is 24.3 Å². The second-order valence-electron chi connectivity index (χ2n) is 5.77. The fourth-order valence-electron chi connectivity index (χ4n) is 2.86. The molecule has 122 valence electrons. The predicted molar refractivity (Wildman–Crippen MR) is 92.7 cm³/mol. The van der Waals surface area contributed by atoms with Crippen molar-refractivity contribution in [3.63, 3.8) is 0 Å². The van der Waals surface area contributed by atoms with Gasteiger partial charge in [0.1, 0.15) is 0 Å². The van der Waals surface area contributed by atoms with Crippen molar-refractivity contribution in [2.24, 2.45) is 0 Å². The van der Waals surface area contributed by atoms with Crippen LogP contribution in [0.1, 0.15) is 30.5 Å². The van der Waals surface area contributed by atoms with Gasteiger partial charge in [-0.2, -0.15) is 0 Å². The van der Waals surface area contributed by atoms with Crippen LogP contribution < -0.4 is 5.32 Å². The van der Waals surface area contributed by atoms with Crippen LogP contribution in [0.3, 0.4) is 0 Å². The summed E-state index contributed by atoms with van der Waals surface area (Å²) >= 11 is 11.9. The van der Waals surface area contributed by atoms with Gasteiger partial charge in [-0.15, -0.1) is 0 Å². The summed E-state index contributed by atoms with van der Waals surface area (Å²) < 4.78 is 5.91. The number of ether oxygens (including phenoxy) is 1. The molecule has 0 aliphatic carbocycles. The molecule has 2 aromatic rings. The van der Waals surface area contributed by atoms with Gasteiger partial charge in [0, 0.05) is 21.7 Å². The van der Waals surface area contributed by atoms with Crippen LogP contribution in [0.5, 0.6) is 0 Å². The first-order valence-corrected chi connectivity index (χ1v) is 8.42. The topological polar surface area (TPSA) is 41.5 Å². The van der Waals surface area contributed by atoms with Gasteiger partial charge in [0.2, 0.25) is 5.79 Å². The van der Waals surface area contributed by atoms with Crippen LogP contribution in [0.2, 0.25) is 10.0 Å². The molecule has 1 heterocycles. The first kappa shape index (κ1) is 16.7. The summed E-state index contributed by atoms with van der Waals surface area (Å²) in [6.45, 7) is 2.53. The van der Waals surface area contributed by atoms with Crippen molar-refractivity contribution < 1.29 is 9.84 Å². The summed E-state index contributed by atoms with van der Waals surface area (Å²) in [5.74, 6) is -1.45. The minimum atomic E-state index is -1.45. The van der Waals surface area contributed by atoms with Crippen LogP contribution in [-0.2, 0) is 10.5 Å². The molecule has 0 aromatic heterocycles. The van der Waals surface area contributed by atoms with Crippen molar-refractivity contribution in [3.05, 3.63) is 69.7 Å². The summed E-state index contributed by atoms with van der Waals surface area (Å²) in [7, 11) is 0. The molecular weight excluding hydrogens is 333 g/mol. The largest absolute Gasteiger partial charge is 0.360 e. The molecule has 2 aromatic carbocycles. The fraction of sp³-hybridized carbons (Fsp3) is 0.333. The van der Waals surface area contributed by atoms with E-state index in [0.29, 0.717) is 22.2 Å². The molecule has 1 aliphatic heterocycles. The zero-order chi connectivity index (χ0) is 16.4. The highest BCUT2D eigenvalue weighted by Crippen LogP contribution is 2.40. The first-order valence-electron chi connectivity index (χ1n) is 7.67. The van der Waals surface area contributed by atoms with Crippen LogP contribution in [0.25, 0.3) is 0 Å². The Kier molecular flexibility index (Phi) is 4.95. The van der Waals surface area contributed by atoms with Crippen LogP contribution in [0.15, 0.2) is 48.5 Å². The number of aliphatic hydroxyl groups is 1. The third-order valence-electron chi connectivity index (χ3n) is 4.25. The molecule has 23 heavy (non-hydrogen) atoms. The maximum absolute atomic E-state index is 11.3. The van der Waals surface area contributed by atoms with Crippen molar-refractivity contribution in [2.75, 3.05) is 6.61 Å². The molecule has 0 radical (unpaired) electrons. The van der Waals surface area contributed by atoms with Gasteiger partial charge in [-0.05, 0) is 36.2 Å². The summed E-state index contributed by atoms with van der Waals surface area (Å²) in [5, 5.41) is 16.0. The van der Waals surface area contributed by atoms with Crippen molar-refractivity contribution in [1.82, 2.24) is 5.32 Å². The van der Waals surface area contributed by atoms with E-state index >= 15 is 0 Å². The lowest BCUT2D eigenvalue weighted by atomic mass is 9.89. The second kappa shape index (κ2) is 6.80. The van der Waals surface area contributed by atoms with Gasteiger partial charge in [0.25, 0.3) is 0 Å². The lowest BCUT2D eigenvalue weighted by Crippen LogP contribution is -2.54. The molecule has 0 unspecified atom stereocenters. The summed E-state index contributed by atoms with van der Waals surface area (Å²) in [5.41, 5.74) is 1.59. The van der Waals surface area contributed by atoms with Gasteiger partial charge in [-0.3, -0.25) is 0 Å². The third-order valence-corrected chi connectivity index (χ3v) is 4.76. The number of morpholine rings is 1. The SMILES string of the molecule is CC[C@H]1CO[C@@](O)(c2ccc(Cl)cc2)[C@H](c2ccc(Cl)cc2)N1. The van der Waals surface area contributed by atoms with Crippen molar-refractivity contribution in [3.8, 4) is 0 Å². The first-order chi connectivity index (χ1) is 11.0. The highest BCUT2D eigenvalue weighted by atomic mass is 35.5. The van der Waals surface area contributed by atoms with Crippen LogP contribution in [0.4, 0.5) is 0 Å². The van der Waals surface area contributed by atoms with Crippen molar-refractivity contribution >= 4 is 23.2 Å². The van der Waals surface area contributed by atoms with E-state index in [1.165, 1.54) is 0 Å². The normalized spacial score (nSPS) is 27.8. The molecule has 3 nitrogen and oxygen atoms in total. The fourth-order valence-corrected chi connectivity index (χ4v) is 3.11. The Morgan fingerprint density at radius 1 is 1.09 bits per heavy atom.